The Morgan fingerprint density at radius 1 is 1.03 bits per heavy atom. The lowest BCUT2D eigenvalue weighted by atomic mass is 10.1. The summed E-state index contributed by atoms with van der Waals surface area (Å²) in [6.45, 7) is 3.43. The Hall–Kier alpha value is -2.27. The molecule has 30 heavy (non-hydrogen) atoms. The molecule has 1 fully saturated rings. The Kier molecular flexibility index (Phi) is 5.80. The second-order valence-electron chi connectivity index (χ2n) is 7.18. The molecule has 164 valence electrons. The Labute approximate surface area is 173 Å². The Bertz CT molecular complexity index is 1180. The average Bonchev–Trinajstić information content (AvgIpc) is 2.62. The van der Waals surface area contributed by atoms with Crippen LogP contribution in [0.2, 0.25) is 0 Å². The van der Waals surface area contributed by atoms with Crippen LogP contribution < -0.4 is 9.03 Å². The van der Waals surface area contributed by atoms with Gasteiger partial charge in [0.2, 0.25) is 10.0 Å². The predicted octanol–water partition coefficient (Wildman–Crippen LogP) is 4.05. The van der Waals surface area contributed by atoms with Gasteiger partial charge in [0.15, 0.2) is 0 Å². The molecule has 0 radical (unpaired) electrons. The maximum Gasteiger partial charge on any atom is 0.416 e. The maximum atomic E-state index is 12.9. The summed E-state index contributed by atoms with van der Waals surface area (Å²) in [5.41, 5.74) is -0.0534. The number of hydrogen-bond acceptors (Lipinski definition) is 4. The molecule has 6 nitrogen and oxygen atoms in total. The van der Waals surface area contributed by atoms with Crippen molar-refractivity contribution >= 4 is 31.4 Å². The normalized spacial score (nSPS) is 17.0. The van der Waals surface area contributed by atoms with Gasteiger partial charge in [-0.15, -0.1) is 0 Å². The third-order valence-corrected chi connectivity index (χ3v) is 8.22. The van der Waals surface area contributed by atoms with E-state index in [9.17, 15) is 30.0 Å². The van der Waals surface area contributed by atoms with Gasteiger partial charge in [-0.2, -0.15) is 13.2 Å². The third kappa shape index (κ3) is 4.56. The SMILES string of the molecule is Cc1cc(S(=O)(=O)Nc2cccc(C(F)(F)F)c2)c(C)cc1N1CCCCS1(=O)=O. The van der Waals surface area contributed by atoms with Crippen molar-refractivity contribution in [3.8, 4) is 0 Å². The summed E-state index contributed by atoms with van der Waals surface area (Å²) < 4.78 is 92.6. The van der Waals surface area contributed by atoms with E-state index >= 15 is 0 Å². The summed E-state index contributed by atoms with van der Waals surface area (Å²) in [7, 11) is -7.66. The van der Waals surface area contributed by atoms with Crippen LogP contribution in [0.3, 0.4) is 0 Å². The highest BCUT2D eigenvalue weighted by Gasteiger charge is 2.31. The highest BCUT2D eigenvalue weighted by atomic mass is 32.2. The smallest absolute Gasteiger partial charge is 0.280 e. The first-order valence-corrected chi connectivity index (χ1v) is 12.2. The second-order valence-corrected chi connectivity index (χ2v) is 10.8. The molecule has 0 aromatic heterocycles. The molecule has 0 saturated carbocycles. The van der Waals surface area contributed by atoms with Crippen molar-refractivity contribution in [3.63, 3.8) is 0 Å². The topological polar surface area (TPSA) is 83.6 Å². The fraction of sp³-hybridized carbons (Fsp3) is 0.368. The van der Waals surface area contributed by atoms with Gasteiger partial charge in [-0.1, -0.05) is 6.07 Å². The zero-order valence-electron chi connectivity index (χ0n) is 16.3. The van der Waals surface area contributed by atoms with Crippen molar-refractivity contribution in [3.05, 3.63) is 53.1 Å². The quantitative estimate of drug-likeness (QED) is 0.743. The number of anilines is 2. The molecule has 0 bridgehead atoms. The maximum absolute atomic E-state index is 12.9. The number of nitrogens with zero attached hydrogens (tertiary/aromatic N) is 1. The lowest BCUT2D eigenvalue weighted by molar-refractivity contribution is -0.137. The molecule has 2 aromatic rings. The molecule has 0 atom stereocenters. The molecule has 1 heterocycles. The van der Waals surface area contributed by atoms with Gasteiger partial charge in [-0.25, -0.2) is 16.8 Å². The highest BCUT2D eigenvalue weighted by molar-refractivity contribution is 7.93. The number of hydrogen-bond donors (Lipinski definition) is 1. The molecule has 0 aliphatic carbocycles. The van der Waals surface area contributed by atoms with Crippen LogP contribution in [-0.2, 0) is 26.2 Å². The molecule has 0 unspecified atom stereocenters. The van der Waals surface area contributed by atoms with Gasteiger partial charge < -0.3 is 0 Å². The molecule has 0 spiro atoms. The van der Waals surface area contributed by atoms with E-state index in [4.69, 9.17) is 0 Å². The van der Waals surface area contributed by atoms with Gasteiger partial charge >= 0.3 is 6.18 Å². The number of halogens is 3. The number of nitrogens with one attached hydrogen (secondary N) is 1. The first kappa shape index (κ1) is 22.4. The zero-order valence-corrected chi connectivity index (χ0v) is 18.0. The van der Waals surface area contributed by atoms with Gasteiger partial charge in [-0.05, 0) is 68.1 Å². The molecule has 0 amide bonds. The van der Waals surface area contributed by atoms with Crippen LogP contribution in [0.5, 0.6) is 0 Å². The van der Waals surface area contributed by atoms with Crippen LogP contribution in [0.4, 0.5) is 24.5 Å². The number of benzene rings is 2. The van der Waals surface area contributed by atoms with E-state index in [0.29, 0.717) is 36.7 Å². The minimum absolute atomic E-state index is 0.0304. The van der Waals surface area contributed by atoms with Crippen molar-refractivity contribution in [2.24, 2.45) is 0 Å². The van der Waals surface area contributed by atoms with Crippen molar-refractivity contribution in [2.75, 3.05) is 21.3 Å². The highest BCUT2D eigenvalue weighted by Crippen LogP contribution is 2.33. The van der Waals surface area contributed by atoms with E-state index in [0.717, 1.165) is 12.1 Å². The lowest BCUT2D eigenvalue weighted by Gasteiger charge is -2.30. The first-order chi connectivity index (χ1) is 13.8. The van der Waals surface area contributed by atoms with Gasteiger partial charge in [0.25, 0.3) is 10.0 Å². The van der Waals surface area contributed by atoms with Gasteiger partial charge in [0.1, 0.15) is 0 Å². The largest absolute Gasteiger partial charge is 0.416 e. The molecule has 11 heteroatoms. The number of alkyl halides is 3. The minimum Gasteiger partial charge on any atom is -0.280 e. The molecular formula is C19H21F3N2O4S2. The fourth-order valence-corrected chi connectivity index (χ4v) is 6.42. The second kappa shape index (κ2) is 7.77. The van der Waals surface area contributed by atoms with E-state index in [1.165, 1.54) is 29.4 Å². The van der Waals surface area contributed by atoms with Crippen molar-refractivity contribution in [1.82, 2.24) is 0 Å². The van der Waals surface area contributed by atoms with Crippen LogP contribution >= 0.6 is 0 Å². The summed E-state index contributed by atoms with van der Waals surface area (Å²) in [5, 5.41) is 0. The van der Waals surface area contributed by atoms with Gasteiger partial charge in [0.05, 0.1) is 21.9 Å². The third-order valence-electron chi connectivity index (χ3n) is 4.84. The van der Waals surface area contributed by atoms with E-state index in [-0.39, 0.29) is 21.9 Å². The molecule has 1 aliphatic rings. The van der Waals surface area contributed by atoms with Crippen LogP contribution in [0.25, 0.3) is 0 Å². The zero-order chi connectivity index (χ0) is 22.3. The van der Waals surface area contributed by atoms with E-state index in [2.05, 4.69) is 4.72 Å². The van der Waals surface area contributed by atoms with Gasteiger partial charge in [0, 0.05) is 12.2 Å². The number of aryl methyl sites for hydroxylation is 2. The van der Waals surface area contributed by atoms with Crippen molar-refractivity contribution in [1.29, 1.82) is 0 Å². The molecule has 2 aromatic carbocycles. The Morgan fingerprint density at radius 3 is 2.37 bits per heavy atom. The Morgan fingerprint density at radius 2 is 1.73 bits per heavy atom. The van der Waals surface area contributed by atoms with Crippen LogP contribution in [0.15, 0.2) is 41.3 Å². The minimum atomic E-state index is -4.60. The summed E-state index contributed by atoms with van der Waals surface area (Å²) in [6.07, 6.45) is -3.32. The summed E-state index contributed by atoms with van der Waals surface area (Å²) >= 11 is 0. The molecule has 1 N–H and O–H groups in total. The van der Waals surface area contributed by atoms with Crippen molar-refractivity contribution < 1.29 is 30.0 Å². The molecule has 3 rings (SSSR count). The lowest BCUT2D eigenvalue weighted by Crippen LogP contribution is -2.38. The van der Waals surface area contributed by atoms with E-state index < -0.39 is 31.8 Å². The monoisotopic (exact) mass is 462 g/mol. The van der Waals surface area contributed by atoms with Crippen LogP contribution in [0, 0.1) is 13.8 Å². The summed E-state index contributed by atoms with van der Waals surface area (Å²) in [4.78, 5) is -0.129. The average molecular weight is 463 g/mol. The number of rotatable bonds is 4. The summed E-state index contributed by atoms with van der Waals surface area (Å²) in [5.74, 6) is 0.0304. The number of sulfonamides is 2. The molecular weight excluding hydrogens is 441 g/mol. The predicted molar refractivity (Wildman–Crippen MR) is 109 cm³/mol. The van der Waals surface area contributed by atoms with E-state index in [1.807, 2.05) is 0 Å². The fourth-order valence-electron chi connectivity index (χ4n) is 3.36. The summed E-state index contributed by atoms with van der Waals surface area (Å²) in [6, 6.07) is 6.73. The Balaban J connectivity index is 1.97. The first-order valence-electron chi connectivity index (χ1n) is 9.13. The van der Waals surface area contributed by atoms with E-state index in [1.54, 1.807) is 6.92 Å². The van der Waals surface area contributed by atoms with Crippen LogP contribution in [-0.4, -0.2) is 29.1 Å². The molecule has 1 aliphatic heterocycles. The van der Waals surface area contributed by atoms with Gasteiger partial charge in [-0.3, -0.25) is 9.03 Å². The standard InChI is InChI=1S/C19H21F3N2O4S2/c1-13-11-18(14(2)10-17(13)24-8-3-4-9-29(24,25)26)30(27,28)23-16-7-5-6-15(12-16)19(20,21)22/h5-7,10-12,23H,3-4,8-9H2,1-2H3. The molecule has 1 saturated heterocycles. The van der Waals surface area contributed by atoms with Crippen molar-refractivity contribution in [2.45, 2.75) is 37.8 Å². The van der Waals surface area contributed by atoms with Crippen LogP contribution in [0.1, 0.15) is 29.5 Å².